The van der Waals surface area contributed by atoms with Gasteiger partial charge in [0.25, 0.3) is 0 Å². The molecule has 1 aromatic carbocycles. The van der Waals surface area contributed by atoms with Gasteiger partial charge >= 0.3 is 5.97 Å². The quantitative estimate of drug-likeness (QED) is 0.339. The first-order chi connectivity index (χ1) is 21.7. The summed E-state index contributed by atoms with van der Waals surface area (Å²) in [7, 11) is 0. The van der Waals surface area contributed by atoms with Crippen LogP contribution < -0.4 is 5.32 Å². The van der Waals surface area contributed by atoms with E-state index in [1.165, 1.54) is 4.90 Å². The minimum Gasteiger partial charge on any atom is -0.463 e. The van der Waals surface area contributed by atoms with Crippen LogP contribution in [-0.4, -0.2) is 88.2 Å². The number of carbonyl (C=O) groups excluding carboxylic acids is 4. The zero-order chi connectivity index (χ0) is 33.4. The van der Waals surface area contributed by atoms with E-state index in [9.17, 15) is 24.3 Å². The number of allylic oxidation sites excluding steroid dienone is 1. The molecule has 46 heavy (non-hydrogen) atoms. The van der Waals surface area contributed by atoms with Gasteiger partial charge in [0.2, 0.25) is 17.7 Å². The lowest BCUT2D eigenvalue weighted by atomic mass is 9.73. The Balaban J connectivity index is 1.61. The van der Waals surface area contributed by atoms with E-state index < -0.39 is 53.0 Å². The molecular formula is C35H46BrN3O7. The number of hydrogen-bond donors (Lipinski definition) is 2. The van der Waals surface area contributed by atoms with Crippen LogP contribution in [0.5, 0.6) is 0 Å². The molecule has 10 nitrogen and oxygen atoms in total. The van der Waals surface area contributed by atoms with Crippen LogP contribution in [0.2, 0.25) is 0 Å². The number of likely N-dealkylation sites (tertiary alicyclic amines) is 1. The van der Waals surface area contributed by atoms with Crippen molar-refractivity contribution in [2.45, 2.75) is 89.6 Å². The van der Waals surface area contributed by atoms with Gasteiger partial charge < -0.3 is 29.7 Å². The Morgan fingerprint density at radius 1 is 1.04 bits per heavy atom. The van der Waals surface area contributed by atoms with Crippen molar-refractivity contribution in [3.8, 4) is 0 Å². The number of esters is 1. The Morgan fingerprint density at radius 3 is 2.43 bits per heavy atom. The van der Waals surface area contributed by atoms with Crippen molar-refractivity contribution in [1.29, 1.82) is 0 Å². The Kier molecular flexibility index (Phi) is 9.88. The highest BCUT2D eigenvalue weighted by molar-refractivity contribution is 9.11. The predicted octanol–water partition coefficient (Wildman–Crippen LogP) is 4.04. The van der Waals surface area contributed by atoms with Gasteiger partial charge in [-0.15, -0.1) is 0 Å². The average molecular weight is 701 g/mol. The predicted molar refractivity (Wildman–Crippen MR) is 175 cm³/mol. The van der Waals surface area contributed by atoms with Gasteiger partial charge in [-0.1, -0.05) is 79.2 Å². The molecule has 4 aliphatic heterocycles. The fourth-order valence-electron chi connectivity index (χ4n) is 7.87. The van der Waals surface area contributed by atoms with Gasteiger partial charge in [0.1, 0.15) is 24.4 Å². The third kappa shape index (κ3) is 6.55. The summed E-state index contributed by atoms with van der Waals surface area (Å²) >= 11 is 3.61. The van der Waals surface area contributed by atoms with Crippen molar-refractivity contribution in [3.05, 3.63) is 58.6 Å². The van der Waals surface area contributed by atoms with Crippen molar-refractivity contribution in [3.63, 3.8) is 0 Å². The molecule has 5 bridgehead atoms. The Labute approximate surface area is 279 Å². The number of rotatable bonds is 6. The number of hydrogen-bond acceptors (Lipinski definition) is 7. The molecule has 5 rings (SSSR count). The van der Waals surface area contributed by atoms with Crippen molar-refractivity contribution in [2.24, 2.45) is 17.3 Å². The summed E-state index contributed by atoms with van der Waals surface area (Å²) in [5, 5.41) is 12.8. The standard InChI is InChI=1S/C35H46BrN3O7/c1-33(2,3)21-34(4,5)39-17-11-7-10-15-25(41)45-20-24(22-13-8-6-9-14-22)37-30(42)26-27-31(43)38(16-12-18-40)29(32(39)44)35(27)19-23(36)28(26)46-35/h6-9,11,13-14,19,24,26-29,40H,10,12,15-18,20-21H2,1-5H3,(H,37,42)/b11-7-/t24-,26-,27+,28-,29-,35+/m0/s1. The molecule has 11 heteroatoms. The minimum atomic E-state index is -1.38. The molecule has 0 saturated carbocycles. The van der Waals surface area contributed by atoms with E-state index in [1.807, 2.05) is 56.3 Å². The second kappa shape index (κ2) is 13.2. The highest BCUT2D eigenvalue weighted by atomic mass is 79.9. The third-order valence-corrected chi connectivity index (χ3v) is 10.1. The number of benzene rings is 1. The SMILES string of the molecule is CC(C)(C)CC(C)(C)N1C/C=C\CCC(=O)OC[C@@H](c2ccccc2)NC(=O)[C@@H]2[C@H]3O[C@@]4(C=C3Br)[C@H](C1=O)N(CCCO)C(=O)[C@@H]24. The maximum atomic E-state index is 15.0. The van der Waals surface area contributed by atoms with Crippen LogP contribution in [0.15, 0.2) is 53.0 Å². The number of halogens is 1. The lowest BCUT2D eigenvalue weighted by Gasteiger charge is -2.45. The molecule has 4 heterocycles. The Hall–Kier alpha value is -3.02. The second-order valence-electron chi connectivity index (χ2n) is 14.6. The van der Waals surface area contributed by atoms with Crippen LogP contribution in [-0.2, 0) is 28.7 Å². The number of aliphatic hydroxyl groups excluding tert-OH is 1. The zero-order valence-electron chi connectivity index (χ0n) is 27.3. The summed E-state index contributed by atoms with van der Waals surface area (Å²) in [4.78, 5) is 59.7. The summed E-state index contributed by atoms with van der Waals surface area (Å²) in [5.41, 5.74) is -1.37. The lowest BCUT2D eigenvalue weighted by molar-refractivity contribution is -0.152. The largest absolute Gasteiger partial charge is 0.463 e. The van der Waals surface area contributed by atoms with Crippen LogP contribution >= 0.6 is 15.9 Å². The van der Waals surface area contributed by atoms with Crippen LogP contribution in [0.3, 0.4) is 0 Å². The minimum absolute atomic E-state index is 0.0736. The second-order valence-corrected chi connectivity index (χ2v) is 15.5. The van der Waals surface area contributed by atoms with E-state index in [0.29, 0.717) is 17.3 Å². The summed E-state index contributed by atoms with van der Waals surface area (Å²) < 4.78 is 12.9. The van der Waals surface area contributed by atoms with Crippen LogP contribution in [0, 0.1) is 17.3 Å². The van der Waals surface area contributed by atoms with Gasteiger partial charge in [0.15, 0.2) is 0 Å². The van der Waals surface area contributed by atoms with E-state index >= 15 is 0 Å². The molecule has 0 aliphatic carbocycles. The number of ether oxygens (including phenoxy) is 2. The van der Waals surface area contributed by atoms with Gasteiger partial charge in [0, 0.05) is 36.1 Å². The number of amides is 3. The highest BCUT2D eigenvalue weighted by Gasteiger charge is 2.74. The first-order valence-electron chi connectivity index (χ1n) is 16.1. The molecule has 250 valence electrons. The Morgan fingerprint density at radius 2 is 1.76 bits per heavy atom. The molecule has 0 aromatic heterocycles. The number of carbonyl (C=O) groups is 4. The van der Waals surface area contributed by atoms with Gasteiger partial charge in [-0.2, -0.15) is 0 Å². The van der Waals surface area contributed by atoms with Crippen molar-refractivity contribution in [2.75, 3.05) is 26.3 Å². The van der Waals surface area contributed by atoms with E-state index in [2.05, 4.69) is 42.0 Å². The van der Waals surface area contributed by atoms with Crippen LogP contribution in [0.25, 0.3) is 0 Å². The molecule has 6 atom stereocenters. The highest BCUT2D eigenvalue weighted by Crippen LogP contribution is 2.59. The molecule has 3 amide bonds. The number of cyclic esters (lactones) is 1. The molecular weight excluding hydrogens is 654 g/mol. The monoisotopic (exact) mass is 699 g/mol. The molecule has 4 aliphatic rings. The third-order valence-electron chi connectivity index (χ3n) is 9.38. The van der Waals surface area contributed by atoms with Crippen LogP contribution in [0.4, 0.5) is 0 Å². The number of nitrogens with zero attached hydrogens (tertiary/aromatic N) is 2. The smallest absolute Gasteiger partial charge is 0.306 e. The van der Waals surface area contributed by atoms with Gasteiger partial charge in [-0.3, -0.25) is 19.2 Å². The van der Waals surface area contributed by atoms with Crippen molar-refractivity contribution in [1.82, 2.24) is 15.1 Å². The molecule has 1 spiro atoms. The Bertz CT molecular complexity index is 1400. The fraction of sp³-hybridized carbons (Fsp3) is 0.600. The molecule has 0 radical (unpaired) electrons. The maximum absolute atomic E-state index is 15.0. The van der Waals surface area contributed by atoms with Crippen molar-refractivity contribution < 1.29 is 33.8 Å². The number of aliphatic hydroxyl groups is 1. The number of fused-ring (bicyclic) bond motifs is 2. The summed E-state index contributed by atoms with van der Waals surface area (Å²) in [5.74, 6) is -3.34. The van der Waals surface area contributed by atoms with E-state index in [1.54, 1.807) is 11.0 Å². The molecule has 0 unspecified atom stereocenters. The number of nitrogens with one attached hydrogen (secondary N) is 1. The summed E-state index contributed by atoms with van der Waals surface area (Å²) in [6, 6.07) is 7.54. The molecule has 2 N–H and O–H groups in total. The summed E-state index contributed by atoms with van der Waals surface area (Å²) in [6.07, 6.45) is 6.32. The molecule has 1 aromatic rings. The normalized spacial score (nSPS) is 31.5. The lowest BCUT2D eigenvalue weighted by Crippen LogP contribution is -2.60. The first-order valence-corrected chi connectivity index (χ1v) is 16.9. The van der Waals surface area contributed by atoms with Gasteiger partial charge in [-0.25, -0.2) is 0 Å². The van der Waals surface area contributed by atoms with Gasteiger partial charge in [-0.05, 0) is 50.2 Å². The van der Waals surface area contributed by atoms with Gasteiger partial charge in [0.05, 0.1) is 17.9 Å². The summed E-state index contributed by atoms with van der Waals surface area (Å²) in [6.45, 7) is 10.6. The fourth-order valence-corrected chi connectivity index (χ4v) is 8.61. The van der Waals surface area contributed by atoms with E-state index in [-0.39, 0.29) is 56.4 Å². The zero-order valence-corrected chi connectivity index (χ0v) is 28.9. The van der Waals surface area contributed by atoms with E-state index in [0.717, 1.165) is 5.56 Å². The topological polar surface area (TPSA) is 125 Å². The first kappa shape index (κ1) is 34.3. The average Bonchev–Trinajstić information content (AvgIpc) is 3.57. The molecule has 2 saturated heterocycles. The van der Waals surface area contributed by atoms with E-state index in [4.69, 9.17) is 9.47 Å². The molecule has 2 fully saturated rings. The maximum Gasteiger partial charge on any atom is 0.306 e. The van der Waals surface area contributed by atoms with Crippen molar-refractivity contribution >= 4 is 39.6 Å². The van der Waals surface area contributed by atoms with Crippen LogP contribution in [0.1, 0.15) is 71.9 Å².